The second-order valence-electron chi connectivity index (χ2n) is 6.63. The highest BCUT2D eigenvalue weighted by molar-refractivity contribution is 5.86. The smallest absolute Gasteiger partial charge is 0.328 e. The van der Waals surface area contributed by atoms with Crippen LogP contribution in [0.15, 0.2) is 35.4 Å². The maximum atomic E-state index is 12.3. The van der Waals surface area contributed by atoms with Gasteiger partial charge in [0, 0.05) is 0 Å². The van der Waals surface area contributed by atoms with E-state index >= 15 is 0 Å². The molecule has 1 heterocycles. The zero-order valence-corrected chi connectivity index (χ0v) is 16.0. The minimum atomic E-state index is -0.816. The molecule has 0 aliphatic rings. The van der Waals surface area contributed by atoms with Crippen LogP contribution in [0.3, 0.4) is 0 Å². The molecule has 1 aromatic heterocycles. The van der Waals surface area contributed by atoms with Crippen molar-refractivity contribution in [3.05, 3.63) is 40.9 Å². The van der Waals surface area contributed by atoms with Gasteiger partial charge in [-0.3, -0.25) is 19.0 Å². The standard InChI is InChI=1S/C19H23N3O6/c1-12(2)8-15(19(26)27-3)21-16(23)10-28-17(24)9-22-11-20-14-7-5-4-6-13(14)18(22)25/h4-7,11-12,15H,8-10H2,1-3H3,(H,21,23)/t15-/m1/s1. The number of benzene rings is 1. The fourth-order valence-electron chi connectivity index (χ4n) is 2.61. The van der Waals surface area contributed by atoms with Crippen LogP contribution in [-0.4, -0.2) is 47.2 Å². The number of hydrogen-bond donors (Lipinski definition) is 1. The fraction of sp³-hybridized carbons (Fsp3) is 0.421. The minimum Gasteiger partial charge on any atom is -0.467 e. The molecule has 9 heteroatoms. The Kier molecular flexibility index (Phi) is 7.25. The molecule has 1 amide bonds. The Bertz CT molecular complexity index is 921. The molecular weight excluding hydrogens is 366 g/mol. The number of ether oxygens (including phenoxy) is 2. The maximum Gasteiger partial charge on any atom is 0.328 e. The summed E-state index contributed by atoms with van der Waals surface area (Å²) >= 11 is 0. The summed E-state index contributed by atoms with van der Waals surface area (Å²) in [6, 6.07) is 5.95. The molecular formula is C19H23N3O6. The maximum absolute atomic E-state index is 12.3. The third kappa shape index (κ3) is 5.63. The van der Waals surface area contributed by atoms with E-state index in [0.717, 1.165) is 4.57 Å². The molecule has 0 spiro atoms. The van der Waals surface area contributed by atoms with Crippen molar-refractivity contribution in [3.63, 3.8) is 0 Å². The normalized spacial score (nSPS) is 11.9. The lowest BCUT2D eigenvalue weighted by Crippen LogP contribution is -2.44. The number of esters is 2. The summed E-state index contributed by atoms with van der Waals surface area (Å²) in [6.45, 7) is 2.85. The van der Waals surface area contributed by atoms with Gasteiger partial charge in [-0.1, -0.05) is 26.0 Å². The molecule has 0 radical (unpaired) electrons. The van der Waals surface area contributed by atoms with Crippen molar-refractivity contribution in [3.8, 4) is 0 Å². The summed E-state index contributed by atoms with van der Waals surface area (Å²) < 4.78 is 10.7. The molecule has 1 N–H and O–H groups in total. The molecule has 28 heavy (non-hydrogen) atoms. The van der Waals surface area contributed by atoms with E-state index in [1.54, 1.807) is 24.3 Å². The molecule has 0 fully saturated rings. The number of carbonyl (C=O) groups excluding carboxylic acids is 3. The van der Waals surface area contributed by atoms with Crippen molar-refractivity contribution in [2.75, 3.05) is 13.7 Å². The monoisotopic (exact) mass is 389 g/mol. The van der Waals surface area contributed by atoms with Crippen molar-refractivity contribution >= 4 is 28.7 Å². The van der Waals surface area contributed by atoms with Crippen molar-refractivity contribution in [2.24, 2.45) is 5.92 Å². The first kappa shape index (κ1) is 21.1. The molecule has 150 valence electrons. The Morgan fingerprint density at radius 1 is 1.21 bits per heavy atom. The predicted octanol–water partition coefficient (Wildman–Crippen LogP) is 0.644. The first-order valence-corrected chi connectivity index (χ1v) is 8.78. The van der Waals surface area contributed by atoms with Crippen molar-refractivity contribution < 1.29 is 23.9 Å². The molecule has 0 bridgehead atoms. The van der Waals surface area contributed by atoms with E-state index < -0.39 is 30.5 Å². The Hall–Kier alpha value is -3.23. The molecule has 0 aliphatic heterocycles. The lowest BCUT2D eigenvalue weighted by atomic mass is 10.0. The summed E-state index contributed by atoms with van der Waals surface area (Å²) in [6.07, 6.45) is 1.65. The van der Waals surface area contributed by atoms with E-state index in [4.69, 9.17) is 4.74 Å². The molecule has 0 aliphatic carbocycles. The van der Waals surface area contributed by atoms with Crippen molar-refractivity contribution in [2.45, 2.75) is 32.9 Å². The molecule has 0 saturated carbocycles. The Labute approximate surface area is 161 Å². The average molecular weight is 389 g/mol. The molecule has 1 atom stereocenters. The number of amides is 1. The zero-order valence-electron chi connectivity index (χ0n) is 16.0. The van der Waals surface area contributed by atoms with Gasteiger partial charge in [0.1, 0.15) is 12.6 Å². The second kappa shape index (κ2) is 9.63. The third-order valence-electron chi connectivity index (χ3n) is 3.92. The highest BCUT2D eigenvalue weighted by Gasteiger charge is 2.23. The van der Waals surface area contributed by atoms with E-state index in [1.807, 2.05) is 13.8 Å². The quantitative estimate of drug-likeness (QED) is 0.659. The van der Waals surface area contributed by atoms with Crippen LogP contribution in [0.25, 0.3) is 10.9 Å². The van der Waals surface area contributed by atoms with Crippen LogP contribution >= 0.6 is 0 Å². The summed E-state index contributed by atoms with van der Waals surface area (Å²) in [5, 5.41) is 2.86. The van der Waals surface area contributed by atoms with Crippen LogP contribution in [0.2, 0.25) is 0 Å². The van der Waals surface area contributed by atoms with Crippen molar-refractivity contribution in [1.82, 2.24) is 14.9 Å². The van der Waals surface area contributed by atoms with Gasteiger partial charge in [-0.2, -0.15) is 0 Å². The third-order valence-corrected chi connectivity index (χ3v) is 3.92. The molecule has 1 aromatic carbocycles. The average Bonchev–Trinajstić information content (AvgIpc) is 2.67. The second-order valence-corrected chi connectivity index (χ2v) is 6.63. The number of aromatic nitrogens is 2. The summed E-state index contributed by atoms with van der Waals surface area (Å²) in [5.41, 5.74) is 0.144. The molecule has 2 aromatic rings. The summed E-state index contributed by atoms with van der Waals surface area (Å²) in [5.74, 6) is -1.82. The molecule has 0 saturated heterocycles. The highest BCUT2D eigenvalue weighted by atomic mass is 16.5. The first-order chi connectivity index (χ1) is 13.3. The number of nitrogens with one attached hydrogen (secondary N) is 1. The molecule has 2 rings (SSSR count). The Balaban J connectivity index is 1.93. The van der Waals surface area contributed by atoms with Crippen LogP contribution in [0.4, 0.5) is 0 Å². The number of para-hydroxylation sites is 1. The molecule has 9 nitrogen and oxygen atoms in total. The van der Waals surface area contributed by atoms with Gasteiger partial charge in [0.2, 0.25) is 0 Å². The number of fused-ring (bicyclic) bond motifs is 1. The predicted molar refractivity (Wildman–Crippen MR) is 100 cm³/mol. The number of hydrogen-bond acceptors (Lipinski definition) is 7. The van der Waals surface area contributed by atoms with Gasteiger partial charge in [0.15, 0.2) is 6.61 Å². The van der Waals surface area contributed by atoms with Crippen molar-refractivity contribution in [1.29, 1.82) is 0 Å². The van der Waals surface area contributed by atoms with Gasteiger partial charge in [-0.15, -0.1) is 0 Å². The SMILES string of the molecule is COC(=O)[C@@H](CC(C)C)NC(=O)COC(=O)Cn1cnc2ccccc2c1=O. The van der Waals surface area contributed by atoms with E-state index in [0.29, 0.717) is 17.3 Å². The lowest BCUT2D eigenvalue weighted by molar-refractivity contribution is -0.151. The van der Waals surface area contributed by atoms with Crippen LogP contribution < -0.4 is 10.9 Å². The van der Waals surface area contributed by atoms with Gasteiger partial charge >= 0.3 is 11.9 Å². The Morgan fingerprint density at radius 3 is 2.61 bits per heavy atom. The topological polar surface area (TPSA) is 117 Å². The van der Waals surface area contributed by atoms with Gasteiger partial charge < -0.3 is 14.8 Å². The van der Waals surface area contributed by atoms with E-state index in [-0.39, 0.29) is 18.0 Å². The van der Waals surface area contributed by atoms with Crippen LogP contribution in [0.5, 0.6) is 0 Å². The largest absolute Gasteiger partial charge is 0.467 e. The first-order valence-electron chi connectivity index (χ1n) is 8.78. The number of rotatable bonds is 8. The van der Waals surface area contributed by atoms with Gasteiger partial charge in [-0.05, 0) is 24.5 Å². The summed E-state index contributed by atoms with van der Waals surface area (Å²) in [4.78, 5) is 52.1. The Morgan fingerprint density at radius 2 is 1.93 bits per heavy atom. The number of methoxy groups -OCH3 is 1. The highest BCUT2D eigenvalue weighted by Crippen LogP contribution is 2.06. The van der Waals surface area contributed by atoms with Crippen LogP contribution in [0.1, 0.15) is 20.3 Å². The van der Waals surface area contributed by atoms with Gasteiger partial charge in [0.25, 0.3) is 11.5 Å². The van der Waals surface area contributed by atoms with E-state index in [9.17, 15) is 19.2 Å². The number of carbonyl (C=O) groups is 3. The molecule has 0 unspecified atom stereocenters. The fourth-order valence-corrected chi connectivity index (χ4v) is 2.61. The van der Waals surface area contributed by atoms with E-state index in [1.165, 1.54) is 13.4 Å². The minimum absolute atomic E-state index is 0.152. The van der Waals surface area contributed by atoms with Gasteiger partial charge in [-0.25, -0.2) is 9.78 Å². The zero-order chi connectivity index (χ0) is 20.7. The number of nitrogens with zero attached hydrogens (tertiary/aromatic N) is 2. The van der Waals surface area contributed by atoms with E-state index in [2.05, 4.69) is 15.0 Å². The lowest BCUT2D eigenvalue weighted by Gasteiger charge is -2.18. The van der Waals surface area contributed by atoms with Crippen LogP contribution in [-0.2, 0) is 30.4 Å². The van der Waals surface area contributed by atoms with Gasteiger partial charge in [0.05, 0.1) is 24.3 Å². The van der Waals surface area contributed by atoms with Crippen LogP contribution in [0, 0.1) is 5.92 Å². The summed E-state index contributed by atoms with van der Waals surface area (Å²) in [7, 11) is 1.23.